The van der Waals surface area contributed by atoms with Gasteiger partial charge in [0.15, 0.2) is 11.8 Å². The van der Waals surface area contributed by atoms with Crippen LogP contribution < -0.4 is 5.32 Å². The highest BCUT2D eigenvalue weighted by molar-refractivity contribution is 7.48. The van der Waals surface area contributed by atoms with Crippen molar-refractivity contribution in [2.45, 2.75) is 30.5 Å². The lowest BCUT2D eigenvalue weighted by molar-refractivity contribution is -0.149. The third-order valence-electron chi connectivity index (χ3n) is 5.60. The zero-order valence-corrected chi connectivity index (χ0v) is 24.0. The Morgan fingerprint density at radius 1 is 1.07 bits per heavy atom. The van der Waals surface area contributed by atoms with Gasteiger partial charge in [-0.05, 0) is 6.92 Å². The maximum atomic E-state index is 14.5. The fourth-order valence-electron chi connectivity index (χ4n) is 3.45. The fraction of sp³-hybridized carbons (Fsp3) is 0.682. The minimum atomic E-state index is -4.90. The average molecular weight is 632 g/mol. The van der Waals surface area contributed by atoms with Crippen LogP contribution in [0, 0.1) is 0 Å². The second-order valence-electron chi connectivity index (χ2n) is 8.64. The molecule has 20 heteroatoms. The summed E-state index contributed by atoms with van der Waals surface area (Å²) in [5, 5.41) is 24.3. The number of hydrogen-bond acceptors (Lipinski definition) is 17. The first kappa shape index (κ1) is 35.3. The Morgan fingerprint density at radius 2 is 1.62 bits per heavy atom. The second-order valence-corrected chi connectivity index (χ2v) is 10.3. The number of nitrogens with one attached hydrogen (secondary N) is 1. The molecule has 0 bridgehead atoms. The molecule has 1 saturated heterocycles. The maximum Gasteiger partial charge on any atom is 0.510 e. The third-order valence-corrected chi connectivity index (χ3v) is 6.89. The minimum absolute atomic E-state index is 0.0584. The molecule has 0 aromatic rings. The highest BCUT2D eigenvalue weighted by atomic mass is 31.2. The molecule has 0 unspecified atom stereocenters. The molecule has 4 atom stereocenters. The number of hydrogen-bond donors (Lipinski definition) is 3. The van der Waals surface area contributed by atoms with Crippen LogP contribution in [-0.2, 0) is 56.1 Å². The van der Waals surface area contributed by atoms with E-state index >= 15 is 0 Å². The van der Waals surface area contributed by atoms with Crippen LogP contribution in [0.4, 0.5) is 14.0 Å². The first-order valence-corrected chi connectivity index (χ1v) is 13.5. The van der Waals surface area contributed by atoms with Crippen LogP contribution in [0.2, 0.25) is 0 Å². The Morgan fingerprint density at radius 3 is 2.10 bits per heavy atom. The molecule has 1 amide bonds. The Bertz CT molecular complexity index is 996. The molecular weight excluding hydrogens is 598 g/mol. The molecule has 0 spiro atoms. The third kappa shape index (κ3) is 9.58. The maximum absolute atomic E-state index is 14.5. The van der Waals surface area contributed by atoms with Crippen LogP contribution >= 0.6 is 7.82 Å². The van der Waals surface area contributed by atoms with E-state index in [1.807, 2.05) is 0 Å². The topological polar surface area (TPSA) is 216 Å². The summed E-state index contributed by atoms with van der Waals surface area (Å²) in [5.41, 5.74) is -4.59. The lowest BCUT2D eigenvalue weighted by Crippen LogP contribution is -2.55. The minimum Gasteiger partial charge on any atom is -0.432 e. The number of aliphatic hydroxyl groups is 2. The number of phosphoric acid groups is 1. The van der Waals surface area contributed by atoms with Gasteiger partial charge in [-0.15, -0.1) is 0 Å². The summed E-state index contributed by atoms with van der Waals surface area (Å²) in [4.78, 5) is 35.9. The van der Waals surface area contributed by atoms with E-state index in [9.17, 15) is 33.6 Å². The predicted molar refractivity (Wildman–Crippen MR) is 133 cm³/mol. The number of phosphoric ester groups is 1. The van der Waals surface area contributed by atoms with Crippen LogP contribution in [0.15, 0.2) is 24.7 Å². The van der Waals surface area contributed by atoms with Gasteiger partial charge in [-0.1, -0.05) is 6.58 Å². The highest BCUT2D eigenvalue weighted by Crippen LogP contribution is 2.52. The van der Waals surface area contributed by atoms with E-state index in [0.29, 0.717) is 0 Å². The van der Waals surface area contributed by atoms with Crippen molar-refractivity contribution >= 4 is 26.0 Å². The Hall–Kier alpha value is -2.87. The number of methoxy groups -OCH3 is 2. The van der Waals surface area contributed by atoms with Crippen LogP contribution in [0.5, 0.6) is 0 Å². The van der Waals surface area contributed by atoms with Gasteiger partial charge < -0.3 is 53.6 Å². The van der Waals surface area contributed by atoms with Crippen molar-refractivity contribution in [3.8, 4) is 0 Å². The van der Waals surface area contributed by atoms with E-state index in [0.717, 1.165) is 17.9 Å². The number of halogens is 1. The number of nitrogens with zero attached hydrogens (tertiary/aromatic N) is 1. The largest absolute Gasteiger partial charge is 0.510 e. The Kier molecular flexibility index (Phi) is 13.5. The van der Waals surface area contributed by atoms with Crippen molar-refractivity contribution in [1.29, 1.82) is 0 Å². The van der Waals surface area contributed by atoms with Gasteiger partial charge in [0, 0.05) is 26.5 Å². The normalized spacial score (nSPS) is 25.7. The standard InChI is InChI=1S/C22H34FN2O16P/c1-15-24-16(26)5-6-25(15)18-21(2,30)17(27)22(11-23,41-18)12-38-42(31,39-13-36-19(28)34-9-7-32-3)40-14-37-20(29)35-10-8-33-4/h5-6,17-18,27,30H,1,7-14H2,2-4H3,(H,24,26)/t17-,18+,21+,22+/m0/s1. The SMILES string of the molecule is C=C1NC(=O)C=CN1[C@@H]1O[C@](CF)(COP(=O)(OCOC(=O)OCCOC)OCOC(=O)OCCOC)[C@@H](O)[C@@]1(C)O. The van der Waals surface area contributed by atoms with E-state index in [1.54, 1.807) is 0 Å². The van der Waals surface area contributed by atoms with Crippen molar-refractivity contribution in [1.82, 2.24) is 10.2 Å². The molecule has 240 valence electrons. The summed E-state index contributed by atoms with van der Waals surface area (Å²) in [6.07, 6.45) is -3.77. The summed E-state index contributed by atoms with van der Waals surface area (Å²) in [6, 6.07) is 0. The van der Waals surface area contributed by atoms with Gasteiger partial charge in [-0.3, -0.25) is 9.32 Å². The molecule has 0 aliphatic carbocycles. The van der Waals surface area contributed by atoms with Gasteiger partial charge >= 0.3 is 20.1 Å². The molecule has 2 heterocycles. The number of aliphatic hydroxyl groups excluding tert-OH is 1. The van der Waals surface area contributed by atoms with E-state index in [1.165, 1.54) is 20.4 Å². The van der Waals surface area contributed by atoms with E-state index in [2.05, 4.69) is 30.8 Å². The summed E-state index contributed by atoms with van der Waals surface area (Å²) in [7, 11) is -2.17. The molecule has 3 N–H and O–H groups in total. The van der Waals surface area contributed by atoms with Crippen LogP contribution in [0.3, 0.4) is 0 Å². The molecule has 0 aromatic carbocycles. The number of rotatable bonds is 17. The molecule has 0 radical (unpaired) electrons. The van der Waals surface area contributed by atoms with Crippen LogP contribution in [0.1, 0.15) is 6.92 Å². The molecule has 2 aliphatic heterocycles. The number of ether oxygens (including phenoxy) is 7. The zero-order chi connectivity index (χ0) is 31.4. The molecule has 2 rings (SSSR count). The van der Waals surface area contributed by atoms with Gasteiger partial charge in [0.1, 0.15) is 37.4 Å². The second kappa shape index (κ2) is 16.1. The summed E-state index contributed by atoms with van der Waals surface area (Å²) >= 11 is 0. The quantitative estimate of drug-likeness (QED) is 0.0847. The fourth-order valence-corrected chi connectivity index (χ4v) is 4.42. The van der Waals surface area contributed by atoms with Crippen LogP contribution in [-0.4, -0.2) is 124 Å². The average Bonchev–Trinajstić information content (AvgIpc) is 3.13. The molecule has 0 aromatic heterocycles. The monoisotopic (exact) mass is 632 g/mol. The molecule has 42 heavy (non-hydrogen) atoms. The summed E-state index contributed by atoms with van der Waals surface area (Å²) in [5.74, 6) is -0.587. The summed E-state index contributed by atoms with van der Waals surface area (Å²) in [6.45, 7) is -0.209. The molecular formula is C22H34FN2O16P. The number of carbonyl (C=O) groups is 3. The van der Waals surface area contributed by atoms with Crippen molar-refractivity contribution < 1.29 is 80.3 Å². The molecule has 0 saturated carbocycles. The molecule has 2 aliphatic rings. The highest BCUT2D eigenvalue weighted by Gasteiger charge is 2.63. The van der Waals surface area contributed by atoms with Crippen molar-refractivity contribution in [3.05, 3.63) is 24.7 Å². The summed E-state index contributed by atoms with van der Waals surface area (Å²) < 4.78 is 76.3. The van der Waals surface area contributed by atoms with E-state index in [4.69, 9.17) is 27.8 Å². The lowest BCUT2D eigenvalue weighted by Gasteiger charge is -2.37. The van der Waals surface area contributed by atoms with Gasteiger partial charge in [0.25, 0.3) is 5.91 Å². The number of alkyl halides is 1. The van der Waals surface area contributed by atoms with Crippen molar-refractivity contribution in [3.63, 3.8) is 0 Å². The zero-order valence-electron chi connectivity index (χ0n) is 23.1. The predicted octanol–water partition coefficient (Wildman–Crippen LogP) is 0.252. The van der Waals surface area contributed by atoms with Crippen molar-refractivity contribution in [2.75, 3.05) is 67.5 Å². The first-order chi connectivity index (χ1) is 19.8. The molecule has 18 nitrogen and oxygen atoms in total. The van der Waals surface area contributed by atoms with Crippen LogP contribution in [0.25, 0.3) is 0 Å². The van der Waals surface area contributed by atoms with Gasteiger partial charge in [-0.25, -0.2) is 27.6 Å². The number of carbonyl (C=O) groups excluding carboxylic acids is 3. The van der Waals surface area contributed by atoms with E-state index < -0.39 is 76.4 Å². The van der Waals surface area contributed by atoms with Gasteiger partial charge in [0.2, 0.25) is 13.6 Å². The Balaban J connectivity index is 2.13. The molecule has 1 fully saturated rings. The van der Waals surface area contributed by atoms with Gasteiger partial charge in [0.05, 0.1) is 19.8 Å². The van der Waals surface area contributed by atoms with Gasteiger partial charge in [-0.2, -0.15) is 0 Å². The lowest BCUT2D eigenvalue weighted by atomic mass is 9.88. The van der Waals surface area contributed by atoms with Crippen molar-refractivity contribution in [2.24, 2.45) is 0 Å². The first-order valence-electron chi connectivity index (χ1n) is 12.1. The smallest absolute Gasteiger partial charge is 0.432 e. The van der Waals surface area contributed by atoms with E-state index in [-0.39, 0.29) is 32.2 Å². The number of amides is 1. The Labute approximate surface area is 239 Å².